The third-order valence-electron chi connectivity index (χ3n) is 7.69. The molecule has 3 atom stereocenters. The van der Waals surface area contributed by atoms with Crippen molar-refractivity contribution >= 4 is 40.9 Å². The van der Waals surface area contributed by atoms with Gasteiger partial charge in [0, 0.05) is 23.0 Å². The number of anilines is 2. The molecule has 5 rings (SSSR count). The smallest absolute Gasteiger partial charge is 0.258 e. The molecule has 4 N–H and O–H groups in total. The molecule has 0 aromatic heterocycles. The van der Waals surface area contributed by atoms with E-state index in [1.54, 1.807) is 18.9 Å². The number of amides is 3. The number of carbonyl (C=O) groups excluding carboxylic acids is 3. The number of para-hydroxylation sites is 1. The summed E-state index contributed by atoms with van der Waals surface area (Å²) in [7, 11) is 1.55. The van der Waals surface area contributed by atoms with Crippen molar-refractivity contribution in [1.29, 1.82) is 0 Å². The molecular formula is C30H38N4O6S. The van der Waals surface area contributed by atoms with Crippen molar-refractivity contribution < 1.29 is 28.6 Å². The van der Waals surface area contributed by atoms with Crippen molar-refractivity contribution in [2.75, 3.05) is 32.2 Å². The fraction of sp³-hybridized carbons (Fsp3) is 0.500. The van der Waals surface area contributed by atoms with E-state index in [2.05, 4.69) is 27.3 Å². The molecular weight excluding hydrogens is 544 g/mol. The van der Waals surface area contributed by atoms with Crippen LogP contribution in [0.5, 0.6) is 5.75 Å². The SMILES string of the molecule is COC1OCC[C@@H]1NC(=O)[C@H](CC1CCCCC1)NC(=O)CNC(=O)COc1ccc2c(c1)Nc1ccccc1S2. The van der Waals surface area contributed by atoms with Gasteiger partial charge in [-0.1, -0.05) is 56.0 Å². The zero-order valence-electron chi connectivity index (χ0n) is 23.3. The van der Waals surface area contributed by atoms with Gasteiger partial charge in [0.1, 0.15) is 11.8 Å². The first-order valence-corrected chi connectivity index (χ1v) is 15.1. The molecule has 2 heterocycles. The molecule has 220 valence electrons. The highest BCUT2D eigenvalue weighted by Crippen LogP contribution is 2.45. The normalized spacial score (nSPS) is 20.6. The zero-order chi connectivity index (χ0) is 28.6. The maximum absolute atomic E-state index is 13.2. The predicted octanol–water partition coefficient (Wildman–Crippen LogP) is 3.72. The van der Waals surface area contributed by atoms with E-state index in [0.29, 0.717) is 31.1 Å². The first-order chi connectivity index (χ1) is 20.0. The summed E-state index contributed by atoms with van der Waals surface area (Å²) in [4.78, 5) is 40.7. The summed E-state index contributed by atoms with van der Waals surface area (Å²) in [5, 5.41) is 11.8. The molecule has 3 aliphatic rings. The number of ether oxygens (including phenoxy) is 3. The second kappa shape index (κ2) is 14.1. The topological polar surface area (TPSA) is 127 Å². The Morgan fingerprint density at radius 3 is 2.66 bits per heavy atom. The third-order valence-corrected chi connectivity index (χ3v) is 8.84. The summed E-state index contributed by atoms with van der Waals surface area (Å²) >= 11 is 1.67. The maximum atomic E-state index is 13.2. The van der Waals surface area contributed by atoms with Gasteiger partial charge in [-0.3, -0.25) is 14.4 Å². The second-order valence-corrected chi connectivity index (χ2v) is 11.8. The summed E-state index contributed by atoms with van der Waals surface area (Å²) in [5.74, 6) is -0.180. The van der Waals surface area contributed by atoms with Crippen molar-refractivity contribution in [3.05, 3.63) is 42.5 Å². The Morgan fingerprint density at radius 1 is 1.02 bits per heavy atom. The van der Waals surface area contributed by atoms with Gasteiger partial charge in [0.2, 0.25) is 11.8 Å². The Balaban J connectivity index is 1.10. The average Bonchev–Trinajstić information content (AvgIpc) is 3.45. The van der Waals surface area contributed by atoms with Gasteiger partial charge in [-0.25, -0.2) is 0 Å². The predicted molar refractivity (Wildman–Crippen MR) is 155 cm³/mol. The van der Waals surface area contributed by atoms with Crippen LogP contribution in [0.25, 0.3) is 0 Å². The summed E-state index contributed by atoms with van der Waals surface area (Å²) in [5.41, 5.74) is 1.94. The molecule has 10 nitrogen and oxygen atoms in total. The summed E-state index contributed by atoms with van der Waals surface area (Å²) in [6.45, 7) is 0.0248. The van der Waals surface area contributed by atoms with E-state index in [-0.39, 0.29) is 25.1 Å². The van der Waals surface area contributed by atoms with E-state index in [4.69, 9.17) is 14.2 Å². The quantitative estimate of drug-likeness (QED) is 0.270. The fourth-order valence-electron chi connectivity index (χ4n) is 5.54. The van der Waals surface area contributed by atoms with Crippen LogP contribution in [-0.4, -0.2) is 63.0 Å². The largest absolute Gasteiger partial charge is 0.484 e. The summed E-state index contributed by atoms with van der Waals surface area (Å²) in [6, 6.07) is 12.7. The Kier molecular flexibility index (Phi) is 10.0. The highest BCUT2D eigenvalue weighted by molar-refractivity contribution is 7.99. The van der Waals surface area contributed by atoms with E-state index in [9.17, 15) is 14.4 Å². The number of hydrogen-bond donors (Lipinski definition) is 4. The first kappa shape index (κ1) is 29.2. The maximum Gasteiger partial charge on any atom is 0.258 e. The molecule has 1 saturated heterocycles. The van der Waals surface area contributed by atoms with Crippen molar-refractivity contribution in [1.82, 2.24) is 16.0 Å². The number of hydrogen-bond acceptors (Lipinski definition) is 8. The van der Waals surface area contributed by atoms with E-state index >= 15 is 0 Å². The minimum Gasteiger partial charge on any atom is -0.484 e. The molecule has 2 aromatic carbocycles. The highest BCUT2D eigenvalue weighted by Gasteiger charge is 2.33. The van der Waals surface area contributed by atoms with Gasteiger partial charge in [-0.2, -0.15) is 0 Å². The average molecular weight is 583 g/mol. The van der Waals surface area contributed by atoms with Crippen molar-refractivity contribution in [2.45, 2.75) is 73.1 Å². The standard InChI is InChI=1S/C30H38N4O6S/c1-38-30-22(13-14-39-30)34-29(37)24(15-19-7-3-2-4-8-19)33-27(35)17-31-28(36)18-40-20-11-12-26-23(16-20)32-21-9-5-6-10-25(21)41-26/h5-6,9-12,16,19,22,24,30,32H,2-4,7-8,13-15,17-18H2,1H3,(H,31,36)(H,33,35)(H,34,37)/t22-,24-,30?/m0/s1. The van der Waals surface area contributed by atoms with Gasteiger partial charge < -0.3 is 35.5 Å². The lowest BCUT2D eigenvalue weighted by Gasteiger charge is -2.28. The number of rotatable bonds is 11. The minimum atomic E-state index is -0.692. The van der Waals surface area contributed by atoms with Gasteiger partial charge in [-0.15, -0.1) is 0 Å². The monoisotopic (exact) mass is 582 g/mol. The molecule has 1 unspecified atom stereocenters. The van der Waals surface area contributed by atoms with Crippen LogP contribution >= 0.6 is 11.8 Å². The number of carbonyl (C=O) groups is 3. The van der Waals surface area contributed by atoms with Gasteiger partial charge in [-0.05, 0) is 43.0 Å². The number of nitrogens with one attached hydrogen (secondary N) is 4. The van der Waals surface area contributed by atoms with Gasteiger partial charge in [0.15, 0.2) is 12.9 Å². The van der Waals surface area contributed by atoms with Gasteiger partial charge in [0.25, 0.3) is 5.91 Å². The van der Waals surface area contributed by atoms with Crippen molar-refractivity contribution in [3.8, 4) is 5.75 Å². The molecule has 0 bridgehead atoms. The summed E-state index contributed by atoms with van der Waals surface area (Å²) in [6.07, 6.45) is 6.29. The zero-order valence-corrected chi connectivity index (χ0v) is 24.1. The lowest BCUT2D eigenvalue weighted by molar-refractivity contribution is -0.134. The van der Waals surface area contributed by atoms with Crippen LogP contribution in [0.15, 0.2) is 52.3 Å². The third kappa shape index (κ3) is 7.93. The van der Waals surface area contributed by atoms with E-state index in [1.807, 2.05) is 36.4 Å². The molecule has 0 spiro atoms. The molecule has 11 heteroatoms. The Bertz CT molecular complexity index is 1240. The van der Waals surface area contributed by atoms with Gasteiger partial charge in [0.05, 0.1) is 30.6 Å². The Labute approximate surface area is 244 Å². The summed E-state index contributed by atoms with van der Waals surface area (Å²) < 4.78 is 16.5. The van der Waals surface area contributed by atoms with Crippen LogP contribution in [0, 0.1) is 5.92 Å². The minimum absolute atomic E-state index is 0.234. The van der Waals surface area contributed by atoms with Crippen LogP contribution in [0.4, 0.5) is 11.4 Å². The number of methoxy groups -OCH3 is 1. The van der Waals surface area contributed by atoms with E-state index < -0.39 is 24.1 Å². The number of fused-ring (bicyclic) bond motifs is 2. The molecule has 1 aliphatic carbocycles. The Hall–Kier alpha value is -3.28. The molecule has 41 heavy (non-hydrogen) atoms. The van der Waals surface area contributed by atoms with E-state index in [0.717, 1.165) is 46.8 Å². The lowest BCUT2D eigenvalue weighted by Crippen LogP contribution is -2.53. The second-order valence-electron chi connectivity index (χ2n) is 10.7. The number of benzene rings is 2. The fourth-order valence-corrected chi connectivity index (χ4v) is 6.51. The molecule has 2 aliphatic heterocycles. The lowest BCUT2D eigenvalue weighted by atomic mass is 9.84. The van der Waals surface area contributed by atoms with Crippen LogP contribution < -0.4 is 26.0 Å². The molecule has 2 fully saturated rings. The van der Waals surface area contributed by atoms with Crippen molar-refractivity contribution in [3.63, 3.8) is 0 Å². The Morgan fingerprint density at radius 2 is 1.83 bits per heavy atom. The molecule has 1 saturated carbocycles. The molecule has 2 aromatic rings. The van der Waals surface area contributed by atoms with Crippen LogP contribution in [-0.2, 0) is 23.9 Å². The van der Waals surface area contributed by atoms with Gasteiger partial charge >= 0.3 is 0 Å². The van der Waals surface area contributed by atoms with Crippen LogP contribution in [0.1, 0.15) is 44.9 Å². The molecule has 3 amide bonds. The van der Waals surface area contributed by atoms with E-state index in [1.165, 1.54) is 6.42 Å². The molecule has 0 radical (unpaired) electrons. The van der Waals surface area contributed by atoms with Crippen LogP contribution in [0.2, 0.25) is 0 Å². The van der Waals surface area contributed by atoms with Crippen LogP contribution in [0.3, 0.4) is 0 Å². The first-order valence-electron chi connectivity index (χ1n) is 14.3. The van der Waals surface area contributed by atoms with Crippen molar-refractivity contribution in [2.24, 2.45) is 5.92 Å². The highest BCUT2D eigenvalue weighted by atomic mass is 32.2.